The second-order valence-electron chi connectivity index (χ2n) is 6.63. The van der Waals surface area contributed by atoms with Gasteiger partial charge in [-0.3, -0.25) is 4.90 Å². The molecule has 27 heavy (non-hydrogen) atoms. The highest BCUT2D eigenvalue weighted by molar-refractivity contribution is 9.10. The van der Waals surface area contributed by atoms with Crippen LogP contribution in [-0.2, 0) is 11.0 Å². The van der Waals surface area contributed by atoms with Crippen LogP contribution < -0.4 is 0 Å². The quantitative estimate of drug-likeness (QED) is 0.613. The fourth-order valence-corrected chi connectivity index (χ4v) is 4.73. The van der Waals surface area contributed by atoms with Crippen molar-refractivity contribution >= 4 is 37.8 Å². The van der Waals surface area contributed by atoms with Crippen molar-refractivity contribution in [3.8, 4) is 0 Å². The lowest BCUT2D eigenvalue weighted by Gasteiger charge is -2.36. The lowest BCUT2D eigenvalue weighted by atomic mass is 10.2. The van der Waals surface area contributed by atoms with Crippen molar-refractivity contribution in [2.24, 2.45) is 0 Å². The van der Waals surface area contributed by atoms with E-state index in [1.165, 1.54) is 0 Å². The molecule has 2 aromatic carbocycles. The molecule has 0 amide bonds. The van der Waals surface area contributed by atoms with Gasteiger partial charge in [-0.25, -0.2) is 18.5 Å². The molecule has 0 saturated carbocycles. The largest absolute Gasteiger partial charge is 0.291 e. The predicted molar refractivity (Wildman–Crippen MR) is 112 cm³/mol. The van der Waals surface area contributed by atoms with Crippen LogP contribution in [0.3, 0.4) is 0 Å². The van der Waals surface area contributed by atoms with Gasteiger partial charge >= 0.3 is 0 Å². The van der Waals surface area contributed by atoms with Crippen LogP contribution in [0.1, 0.15) is 18.8 Å². The highest BCUT2D eigenvalue weighted by atomic mass is 79.9. The Labute approximate surface area is 170 Å². The Balaban J connectivity index is 1.42. The zero-order chi connectivity index (χ0) is 18.8. The molecule has 1 aliphatic heterocycles. The number of hydrogen-bond acceptors (Lipinski definition) is 4. The first-order chi connectivity index (χ1) is 13.1. The Bertz CT molecular complexity index is 958. The third-order valence-corrected chi connectivity index (χ3v) is 6.99. The van der Waals surface area contributed by atoms with Crippen molar-refractivity contribution in [2.75, 3.05) is 26.2 Å². The summed E-state index contributed by atoms with van der Waals surface area (Å²) in [5.74, 6) is 0.844. The van der Waals surface area contributed by atoms with Gasteiger partial charge in [0.15, 0.2) is 0 Å². The van der Waals surface area contributed by atoms with E-state index in [9.17, 15) is 4.21 Å². The summed E-state index contributed by atoms with van der Waals surface area (Å²) in [6.07, 6.45) is 1.90. The lowest BCUT2D eigenvalue weighted by molar-refractivity contribution is 0.144. The summed E-state index contributed by atoms with van der Waals surface area (Å²) < 4.78 is 15.8. The normalized spacial score (nSPS) is 18.4. The molecule has 3 aromatic rings. The molecule has 2 unspecified atom stereocenters. The summed E-state index contributed by atoms with van der Waals surface area (Å²) >= 11 is 3.42. The smallest absolute Gasteiger partial charge is 0.145 e. The van der Waals surface area contributed by atoms with Crippen LogP contribution in [0, 0.1) is 0 Å². The lowest BCUT2D eigenvalue weighted by Crippen LogP contribution is -2.47. The molecule has 0 spiro atoms. The SMILES string of the molecule is CC(c1ncc2ccccc2n1)N1CCN(S(=O)c2ccc(Br)cc2)CC1. The highest BCUT2D eigenvalue weighted by Crippen LogP contribution is 2.22. The Morgan fingerprint density at radius 3 is 2.48 bits per heavy atom. The molecule has 140 valence electrons. The van der Waals surface area contributed by atoms with Crippen molar-refractivity contribution in [2.45, 2.75) is 17.9 Å². The molecule has 0 radical (unpaired) electrons. The monoisotopic (exact) mass is 444 g/mol. The maximum Gasteiger partial charge on any atom is 0.145 e. The molecule has 2 atom stereocenters. The maximum atomic E-state index is 12.8. The van der Waals surface area contributed by atoms with Crippen LogP contribution in [0.15, 0.2) is 64.1 Å². The van der Waals surface area contributed by atoms with Crippen LogP contribution in [0.25, 0.3) is 10.9 Å². The fourth-order valence-electron chi connectivity index (χ4n) is 3.31. The average Bonchev–Trinajstić information content (AvgIpc) is 2.73. The maximum absolute atomic E-state index is 12.8. The number of hydrogen-bond donors (Lipinski definition) is 0. The van der Waals surface area contributed by atoms with Crippen molar-refractivity contribution in [3.05, 3.63) is 65.0 Å². The van der Waals surface area contributed by atoms with E-state index in [0.29, 0.717) is 0 Å². The summed E-state index contributed by atoms with van der Waals surface area (Å²) in [6.45, 7) is 5.37. The first-order valence-corrected chi connectivity index (χ1v) is 10.9. The third-order valence-electron chi connectivity index (χ3n) is 4.95. The number of piperazine rings is 1. The van der Waals surface area contributed by atoms with Crippen molar-refractivity contribution in [3.63, 3.8) is 0 Å². The molecule has 2 heterocycles. The summed E-state index contributed by atoms with van der Waals surface area (Å²) in [5, 5.41) is 1.06. The highest BCUT2D eigenvalue weighted by Gasteiger charge is 2.26. The van der Waals surface area contributed by atoms with Gasteiger partial charge in [0.05, 0.1) is 16.5 Å². The Morgan fingerprint density at radius 2 is 1.74 bits per heavy atom. The number of rotatable bonds is 4. The van der Waals surface area contributed by atoms with E-state index in [2.05, 4.69) is 32.7 Å². The van der Waals surface area contributed by atoms with E-state index in [4.69, 9.17) is 4.98 Å². The second kappa shape index (κ2) is 8.14. The van der Waals surface area contributed by atoms with Gasteiger partial charge < -0.3 is 0 Å². The zero-order valence-electron chi connectivity index (χ0n) is 15.1. The fraction of sp³-hybridized carbons (Fsp3) is 0.300. The third kappa shape index (κ3) is 4.11. The van der Waals surface area contributed by atoms with Gasteiger partial charge in [0.2, 0.25) is 0 Å². The first kappa shape index (κ1) is 18.7. The second-order valence-corrected chi connectivity index (χ2v) is 9.03. The first-order valence-electron chi connectivity index (χ1n) is 9.00. The molecular formula is C20H21BrN4OS. The van der Waals surface area contributed by atoms with E-state index in [1.807, 2.05) is 59.0 Å². The van der Waals surface area contributed by atoms with Crippen LogP contribution >= 0.6 is 15.9 Å². The molecule has 1 aliphatic rings. The van der Waals surface area contributed by atoms with Gasteiger partial charge in [0.25, 0.3) is 0 Å². The van der Waals surface area contributed by atoms with E-state index >= 15 is 0 Å². The summed E-state index contributed by atoms with van der Waals surface area (Å²) in [6, 6.07) is 15.9. The molecule has 4 rings (SSSR count). The van der Waals surface area contributed by atoms with Crippen LogP contribution in [0.5, 0.6) is 0 Å². The predicted octanol–water partition coefficient (Wildman–Crippen LogP) is 3.79. The van der Waals surface area contributed by atoms with E-state index in [-0.39, 0.29) is 6.04 Å². The van der Waals surface area contributed by atoms with Crippen molar-refractivity contribution < 1.29 is 4.21 Å². The Kier molecular flexibility index (Phi) is 5.63. The van der Waals surface area contributed by atoms with E-state index in [1.54, 1.807) is 0 Å². The van der Waals surface area contributed by atoms with Gasteiger partial charge in [-0.05, 0) is 37.3 Å². The number of halogens is 1. The van der Waals surface area contributed by atoms with Crippen LogP contribution in [-0.4, -0.2) is 49.6 Å². The molecule has 1 fully saturated rings. The standard InChI is InChI=1S/C20H21BrN4OS/c1-15(20-22-14-16-4-2-3-5-19(16)23-20)24-10-12-25(13-11-24)27(26)18-8-6-17(21)7-9-18/h2-9,14-15H,10-13H2,1H3. The van der Waals surface area contributed by atoms with Gasteiger partial charge in [-0.15, -0.1) is 0 Å². The van der Waals surface area contributed by atoms with E-state index in [0.717, 1.165) is 52.3 Å². The molecule has 1 saturated heterocycles. The average molecular weight is 445 g/mol. The molecule has 0 N–H and O–H groups in total. The molecule has 1 aromatic heterocycles. The summed E-state index contributed by atoms with van der Waals surface area (Å²) in [5.41, 5.74) is 0.976. The minimum absolute atomic E-state index is 0.137. The minimum Gasteiger partial charge on any atom is -0.291 e. The van der Waals surface area contributed by atoms with Crippen molar-refractivity contribution in [1.29, 1.82) is 0 Å². The topological polar surface area (TPSA) is 49.3 Å². The minimum atomic E-state index is -1.11. The van der Waals surface area contributed by atoms with Gasteiger partial charge in [0, 0.05) is 42.2 Å². The van der Waals surface area contributed by atoms with Gasteiger partial charge in [-0.1, -0.05) is 34.1 Å². The Hall–Kier alpha value is -1.67. The molecule has 0 aliphatic carbocycles. The van der Waals surface area contributed by atoms with Crippen molar-refractivity contribution in [1.82, 2.24) is 19.2 Å². The summed E-state index contributed by atoms with van der Waals surface area (Å²) in [7, 11) is -1.11. The molecule has 0 bridgehead atoms. The Morgan fingerprint density at radius 1 is 1.04 bits per heavy atom. The van der Waals surface area contributed by atoms with Gasteiger partial charge in [0.1, 0.15) is 16.8 Å². The molecule has 5 nitrogen and oxygen atoms in total. The molecular weight excluding hydrogens is 424 g/mol. The van der Waals surface area contributed by atoms with Crippen LogP contribution in [0.2, 0.25) is 0 Å². The number of aromatic nitrogens is 2. The zero-order valence-corrected chi connectivity index (χ0v) is 17.5. The number of benzene rings is 2. The number of para-hydroxylation sites is 1. The number of nitrogens with zero attached hydrogens (tertiary/aromatic N) is 4. The summed E-state index contributed by atoms with van der Waals surface area (Å²) in [4.78, 5) is 12.5. The van der Waals surface area contributed by atoms with Crippen LogP contribution in [0.4, 0.5) is 0 Å². The molecule has 7 heteroatoms. The van der Waals surface area contributed by atoms with E-state index < -0.39 is 11.0 Å². The van der Waals surface area contributed by atoms with Gasteiger partial charge in [-0.2, -0.15) is 0 Å². The number of fused-ring (bicyclic) bond motifs is 1.